The Morgan fingerprint density at radius 2 is 0.818 bits per heavy atom. The first-order valence-electron chi connectivity index (χ1n) is 31.5. The SMILES string of the molecule is C1CCOC1.CCC1=C[C@@H](Oc2ccccc2Cc2ccc(OC)cc2)[C@H](OCc2ccccc2)[C@@H](OCc2ccccc2)[C@@H]1C.CC[C@@H]1[C@@H](C)[C@H](OCc2ccccc2)[C@@H](OCc2ccccc2)[C@H](Oc2ccccc2Cc2ccc(OC)cc2)[C@H]1O. The lowest BCUT2D eigenvalue weighted by Crippen LogP contribution is -2.61. The monoisotopic (exact) mass is 1190 g/mol. The molecular weight excluding hydrogens is 1100 g/mol. The van der Waals surface area contributed by atoms with E-state index in [2.05, 4.69) is 143 Å². The van der Waals surface area contributed by atoms with Gasteiger partial charge in [-0.1, -0.05) is 222 Å². The summed E-state index contributed by atoms with van der Waals surface area (Å²) in [7, 11) is 3.36. The molecule has 1 heterocycles. The van der Waals surface area contributed by atoms with Gasteiger partial charge >= 0.3 is 0 Å². The molecule has 8 aromatic carbocycles. The molecule has 10 heteroatoms. The van der Waals surface area contributed by atoms with Crippen molar-refractivity contribution in [3.63, 3.8) is 0 Å². The number of ether oxygens (including phenoxy) is 9. The highest BCUT2D eigenvalue weighted by Gasteiger charge is 2.51. The van der Waals surface area contributed by atoms with E-state index in [1.54, 1.807) is 14.2 Å². The zero-order chi connectivity index (χ0) is 61.3. The second-order valence-corrected chi connectivity index (χ2v) is 23.1. The van der Waals surface area contributed by atoms with Crippen molar-refractivity contribution in [2.24, 2.45) is 17.8 Å². The fourth-order valence-electron chi connectivity index (χ4n) is 12.1. The van der Waals surface area contributed by atoms with Gasteiger partial charge in [0.05, 0.1) is 59.0 Å². The Bertz CT molecular complexity index is 3260. The quantitative estimate of drug-likeness (QED) is 0.0588. The van der Waals surface area contributed by atoms with E-state index in [9.17, 15) is 5.11 Å². The normalized spacial score (nSPS) is 22.2. The predicted molar refractivity (Wildman–Crippen MR) is 350 cm³/mol. The van der Waals surface area contributed by atoms with E-state index < -0.39 is 18.3 Å². The topological polar surface area (TPSA) is 103 Å². The average molecular weight is 1190 g/mol. The molecule has 88 heavy (non-hydrogen) atoms. The lowest BCUT2D eigenvalue weighted by atomic mass is 9.72. The number of para-hydroxylation sites is 2. The van der Waals surface area contributed by atoms with Crippen molar-refractivity contribution in [3.8, 4) is 23.0 Å². The maximum atomic E-state index is 11.8. The Labute approximate surface area is 523 Å². The van der Waals surface area contributed by atoms with E-state index in [0.717, 1.165) is 94.4 Å². The molecule has 8 aromatic rings. The fraction of sp³-hybridized carbons (Fsp3) is 0.359. The van der Waals surface area contributed by atoms with E-state index in [-0.39, 0.29) is 42.2 Å². The van der Waals surface area contributed by atoms with E-state index in [1.165, 1.54) is 24.0 Å². The smallest absolute Gasteiger partial charge is 0.153 e. The third-order valence-electron chi connectivity index (χ3n) is 17.1. The Kier molecular flexibility index (Phi) is 25.3. The van der Waals surface area contributed by atoms with Gasteiger partial charge in [0.25, 0.3) is 0 Å². The van der Waals surface area contributed by atoms with Crippen LogP contribution in [0.25, 0.3) is 0 Å². The molecule has 10 nitrogen and oxygen atoms in total. The Morgan fingerprint density at radius 3 is 1.23 bits per heavy atom. The molecular formula is C78H90O10. The van der Waals surface area contributed by atoms with Crippen molar-refractivity contribution in [1.82, 2.24) is 0 Å². The molecule has 0 spiro atoms. The zero-order valence-corrected chi connectivity index (χ0v) is 52.2. The van der Waals surface area contributed by atoms with Crippen LogP contribution < -0.4 is 18.9 Å². The number of aliphatic hydroxyl groups is 1. The first-order valence-corrected chi connectivity index (χ1v) is 31.5. The molecule has 0 aromatic heterocycles. The van der Waals surface area contributed by atoms with Crippen molar-refractivity contribution in [2.45, 2.75) is 135 Å². The molecule has 10 atom stereocenters. The molecule has 11 rings (SSSR count). The minimum absolute atomic E-state index is 0.00102. The molecule has 1 aliphatic heterocycles. The highest BCUT2D eigenvalue weighted by atomic mass is 16.6. The third kappa shape index (κ3) is 18.5. The first-order chi connectivity index (χ1) is 43.2. The summed E-state index contributed by atoms with van der Waals surface area (Å²) in [5, 5.41) is 11.8. The number of rotatable bonds is 24. The summed E-state index contributed by atoms with van der Waals surface area (Å²) in [6.45, 7) is 12.6. The van der Waals surface area contributed by atoms with E-state index in [4.69, 9.17) is 42.6 Å². The minimum atomic E-state index is -0.712. The summed E-state index contributed by atoms with van der Waals surface area (Å²) in [5.74, 6) is 3.57. The van der Waals surface area contributed by atoms with E-state index in [0.29, 0.717) is 32.8 Å². The van der Waals surface area contributed by atoms with Crippen molar-refractivity contribution >= 4 is 0 Å². The largest absolute Gasteiger partial charge is 0.497 e. The standard InChI is InChI=1S/C37H42O5.C37H40O4.C4H8O/c1-4-32-26(2)35(40-24-28-13-7-5-8-14-28)37(41-25-29-15-9-6-10-16-29)36(34(32)38)42-33-18-12-11-17-30(33)23-27-19-21-31(39-3)22-20-27;1-4-31-24-35(41-34-18-12-11-17-32(34)23-28-19-21-33(38-3)22-20-28)37(40-26-30-15-9-6-10-16-30)36(27(31)2)39-25-29-13-7-5-8-14-29;1-2-4-5-3-1/h5-22,26,32,34-38H,4,23-25H2,1-3H3;5-22,24,27,35-37H,4,23,25-26H2,1-3H3;1-4H2/t26-,32-,34+,35+,36-,37-;27-,35-,36+,37+;/m11./s1. The number of hydrogen-bond acceptors (Lipinski definition) is 10. The number of benzene rings is 8. The summed E-state index contributed by atoms with van der Waals surface area (Å²) in [5.41, 5.74) is 10.3. The molecule has 1 saturated heterocycles. The van der Waals surface area contributed by atoms with Crippen molar-refractivity contribution < 1.29 is 47.7 Å². The van der Waals surface area contributed by atoms with Crippen LogP contribution in [0.15, 0.2) is 230 Å². The maximum Gasteiger partial charge on any atom is 0.153 e. The average Bonchev–Trinajstić information content (AvgIpc) is 2.58. The molecule has 0 radical (unpaired) electrons. The molecule has 2 aliphatic carbocycles. The van der Waals surface area contributed by atoms with Crippen LogP contribution in [0.4, 0.5) is 0 Å². The van der Waals surface area contributed by atoms with Crippen molar-refractivity contribution in [3.05, 3.63) is 275 Å². The summed E-state index contributed by atoms with van der Waals surface area (Å²) in [6.07, 6.45) is 5.25. The van der Waals surface area contributed by atoms with Gasteiger partial charge in [-0.3, -0.25) is 0 Å². The predicted octanol–water partition coefficient (Wildman–Crippen LogP) is 16.2. The van der Waals surface area contributed by atoms with Crippen LogP contribution in [0, 0.1) is 17.8 Å². The van der Waals surface area contributed by atoms with Gasteiger partial charge in [-0.25, -0.2) is 0 Å². The molecule has 462 valence electrons. The molecule has 1 saturated carbocycles. The van der Waals surface area contributed by atoms with E-state index in [1.807, 2.05) is 109 Å². The van der Waals surface area contributed by atoms with Crippen molar-refractivity contribution in [2.75, 3.05) is 27.4 Å². The van der Waals surface area contributed by atoms with Gasteiger partial charge in [-0.15, -0.1) is 0 Å². The first kappa shape index (κ1) is 64.9. The second kappa shape index (κ2) is 34.3. The highest BCUT2D eigenvalue weighted by Crippen LogP contribution is 2.41. The minimum Gasteiger partial charge on any atom is -0.497 e. The Morgan fingerprint density at radius 1 is 0.420 bits per heavy atom. The van der Waals surface area contributed by atoms with Gasteiger partial charge < -0.3 is 47.7 Å². The van der Waals surface area contributed by atoms with Gasteiger partial charge in [-0.2, -0.15) is 0 Å². The van der Waals surface area contributed by atoms with Crippen LogP contribution in [-0.4, -0.2) is 75.3 Å². The molecule has 0 unspecified atom stereocenters. The van der Waals surface area contributed by atoms with E-state index >= 15 is 0 Å². The summed E-state index contributed by atoms with van der Waals surface area (Å²) < 4.78 is 55.9. The number of methoxy groups -OCH3 is 2. The van der Waals surface area contributed by atoms with Crippen molar-refractivity contribution in [1.29, 1.82) is 0 Å². The highest BCUT2D eigenvalue weighted by molar-refractivity contribution is 5.41. The Balaban J connectivity index is 0.000000194. The van der Waals surface area contributed by atoms with Crippen LogP contribution >= 0.6 is 0 Å². The van der Waals surface area contributed by atoms with Crippen LogP contribution in [0.2, 0.25) is 0 Å². The lowest BCUT2D eigenvalue weighted by Gasteiger charge is -2.48. The van der Waals surface area contributed by atoms with Crippen LogP contribution in [-0.2, 0) is 63.0 Å². The molecule has 0 amide bonds. The zero-order valence-electron chi connectivity index (χ0n) is 52.2. The van der Waals surface area contributed by atoms with Gasteiger partial charge in [0.15, 0.2) is 6.10 Å². The molecule has 1 N–H and O–H groups in total. The summed E-state index contributed by atoms with van der Waals surface area (Å²) in [6, 6.07) is 73.6. The van der Waals surface area contributed by atoms with Gasteiger partial charge in [-0.05, 0) is 118 Å². The maximum absolute atomic E-state index is 11.8. The van der Waals surface area contributed by atoms with Gasteiger partial charge in [0, 0.05) is 32.0 Å². The Hall–Kier alpha value is -7.54. The third-order valence-corrected chi connectivity index (χ3v) is 17.1. The number of hydrogen-bond donors (Lipinski definition) is 1. The second-order valence-electron chi connectivity index (χ2n) is 23.1. The lowest BCUT2D eigenvalue weighted by molar-refractivity contribution is -0.212. The summed E-state index contributed by atoms with van der Waals surface area (Å²) in [4.78, 5) is 0. The molecule has 0 bridgehead atoms. The molecule has 3 aliphatic rings. The van der Waals surface area contributed by atoms with Crippen LogP contribution in [0.1, 0.15) is 97.9 Å². The van der Waals surface area contributed by atoms with Gasteiger partial charge in [0.1, 0.15) is 41.3 Å². The van der Waals surface area contributed by atoms with Crippen LogP contribution in [0.5, 0.6) is 23.0 Å². The number of aliphatic hydroxyl groups excluding tert-OH is 1. The summed E-state index contributed by atoms with van der Waals surface area (Å²) >= 11 is 0. The van der Waals surface area contributed by atoms with Gasteiger partial charge in [0.2, 0.25) is 0 Å². The van der Waals surface area contributed by atoms with Crippen LogP contribution in [0.3, 0.4) is 0 Å². The molecule has 2 fully saturated rings. The fourth-order valence-corrected chi connectivity index (χ4v) is 12.1.